The first-order valence-electron chi connectivity index (χ1n) is 10.3. The number of rotatable bonds is 10. The van der Waals surface area contributed by atoms with Crippen LogP contribution in [0.25, 0.3) is 0 Å². The molecule has 0 spiro atoms. The van der Waals surface area contributed by atoms with Gasteiger partial charge >= 0.3 is 12.1 Å². The molecule has 33 heavy (non-hydrogen) atoms. The molecule has 0 bridgehead atoms. The number of hydrogen-bond donors (Lipinski definition) is 2. The maximum absolute atomic E-state index is 12.0. The molecule has 2 rings (SSSR count). The average Bonchev–Trinajstić information content (AvgIpc) is 2.75. The molecule has 9 heteroatoms. The van der Waals surface area contributed by atoms with Crippen LogP contribution in [-0.2, 0) is 16.0 Å². The number of carbonyl (C=O) groups is 2. The summed E-state index contributed by atoms with van der Waals surface area (Å²) in [5.74, 6) is 0.00461. The standard InChI is InChI=1S/C24H30O9/c1-24(2,3)33-23(28)32-19-11-8-16(13-21(19)31-14-22(26)27)17(25)9-6-15-7-10-18(29-4)20(12-15)30-5/h7-8,10-13,17,25H,6,9,14H2,1-5H3,(H,26,27)/t17-/m1/s1. The monoisotopic (exact) mass is 462 g/mol. The summed E-state index contributed by atoms with van der Waals surface area (Å²) in [4.78, 5) is 23.0. The molecule has 0 fully saturated rings. The fourth-order valence-corrected chi connectivity index (χ4v) is 2.94. The van der Waals surface area contributed by atoms with Crippen molar-refractivity contribution >= 4 is 12.1 Å². The summed E-state index contributed by atoms with van der Waals surface area (Å²) in [6, 6.07) is 9.96. The number of carboxylic acid groups (broad SMARTS) is 1. The lowest BCUT2D eigenvalue weighted by molar-refractivity contribution is -0.139. The van der Waals surface area contributed by atoms with Crippen LogP contribution in [0.1, 0.15) is 44.4 Å². The van der Waals surface area contributed by atoms with Crippen LogP contribution in [0.4, 0.5) is 4.79 Å². The van der Waals surface area contributed by atoms with Gasteiger partial charge in [-0.15, -0.1) is 0 Å². The summed E-state index contributed by atoms with van der Waals surface area (Å²) in [6.07, 6.45) is -0.909. The Hall–Kier alpha value is -3.46. The highest BCUT2D eigenvalue weighted by atomic mass is 16.7. The van der Waals surface area contributed by atoms with Gasteiger partial charge in [0.15, 0.2) is 29.6 Å². The summed E-state index contributed by atoms with van der Waals surface area (Å²) >= 11 is 0. The van der Waals surface area contributed by atoms with E-state index in [4.69, 9.17) is 28.8 Å². The Bertz CT molecular complexity index is 963. The highest BCUT2D eigenvalue weighted by molar-refractivity contribution is 5.69. The maximum Gasteiger partial charge on any atom is 0.514 e. The lowest BCUT2D eigenvalue weighted by Crippen LogP contribution is -2.26. The largest absolute Gasteiger partial charge is 0.514 e. The molecule has 9 nitrogen and oxygen atoms in total. The van der Waals surface area contributed by atoms with Gasteiger partial charge in [-0.05, 0) is 69.0 Å². The minimum absolute atomic E-state index is 0.00549. The SMILES string of the molecule is COc1ccc(CC[C@@H](O)c2ccc(OC(=O)OC(C)(C)C)c(OCC(=O)O)c2)cc1OC. The maximum atomic E-state index is 12.0. The number of methoxy groups -OCH3 is 2. The van der Waals surface area contributed by atoms with Crippen LogP contribution in [0.3, 0.4) is 0 Å². The Morgan fingerprint density at radius 1 is 0.939 bits per heavy atom. The third kappa shape index (κ3) is 8.19. The molecule has 0 saturated heterocycles. The van der Waals surface area contributed by atoms with Gasteiger partial charge in [-0.2, -0.15) is 0 Å². The topological polar surface area (TPSA) is 121 Å². The van der Waals surface area contributed by atoms with Crippen LogP contribution >= 0.6 is 0 Å². The summed E-state index contributed by atoms with van der Waals surface area (Å²) in [5, 5.41) is 19.6. The molecule has 2 N–H and O–H groups in total. The number of benzene rings is 2. The van der Waals surface area contributed by atoms with Gasteiger partial charge in [0.2, 0.25) is 0 Å². The normalized spacial score (nSPS) is 11.9. The van der Waals surface area contributed by atoms with Gasteiger partial charge in [-0.3, -0.25) is 0 Å². The minimum Gasteiger partial charge on any atom is -0.493 e. The van der Waals surface area contributed by atoms with Crippen molar-refractivity contribution in [3.8, 4) is 23.0 Å². The summed E-state index contributed by atoms with van der Waals surface area (Å²) in [7, 11) is 3.11. The number of aliphatic hydroxyl groups excluding tert-OH is 1. The van der Waals surface area contributed by atoms with E-state index in [-0.39, 0.29) is 11.5 Å². The number of aryl methyl sites for hydroxylation is 1. The number of aliphatic carboxylic acids is 1. The molecule has 0 heterocycles. The van der Waals surface area contributed by atoms with E-state index in [0.29, 0.717) is 29.9 Å². The minimum atomic E-state index is -1.20. The van der Waals surface area contributed by atoms with Crippen molar-refractivity contribution in [2.45, 2.75) is 45.3 Å². The average molecular weight is 462 g/mol. The molecule has 0 amide bonds. The first-order valence-corrected chi connectivity index (χ1v) is 10.3. The highest BCUT2D eigenvalue weighted by Crippen LogP contribution is 2.33. The molecule has 180 valence electrons. The van der Waals surface area contributed by atoms with E-state index >= 15 is 0 Å². The van der Waals surface area contributed by atoms with E-state index in [1.807, 2.05) is 12.1 Å². The van der Waals surface area contributed by atoms with E-state index in [9.17, 15) is 14.7 Å². The molecule has 0 unspecified atom stereocenters. The fraction of sp³-hybridized carbons (Fsp3) is 0.417. The lowest BCUT2D eigenvalue weighted by atomic mass is 10.0. The number of carbonyl (C=O) groups excluding carboxylic acids is 1. The van der Waals surface area contributed by atoms with Crippen LogP contribution in [0.5, 0.6) is 23.0 Å². The van der Waals surface area contributed by atoms with Gasteiger partial charge in [-0.1, -0.05) is 12.1 Å². The Kier molecular flexibility index (Phi) is 8.93. The molecule has 0 aliphatic carbocycles. The number of hydrogen-bond acceptors (Lipinski definition) is 8. The molecule has 0 aliphatic rings. The van der Waals surface area contributed by atoms with Crippen LogP contribution < -0.4 is 18.9 Å². The van der Waals surface area contributed by atoms with Crippen molar-refractivity contribution < 1.29 is 43.5 Å². The molecule has 0 radical (unpaired) electrons. The zero-order valence-electron chi connectivity index (χ0n) is 19.4. The second kappa shape index (κ2) is 11.4. The molecule has 2 aromatic carbocycles. The molecule has 2 aromatic rings. The molecule has 0 aliphatic heterocycles. The Morgan fingerprint density at radius 3 is 2.21 bits per heavy atom. The second-order valence-electron chi connectivity index (χ2n) is 8.20. The fourth-order valence-electron chi connectivity index (χ4n) is 2.94. The molecular weight excluding hydrogens is 432 g/mol. The Labute approximate surface area is 192 Å². The van der Waals surface area contributed by atoms with Crippen molar-refractivity contribution in [2.24, 2.45) is 0 Å². The van der Waals surface area contributed by atoms with Crippen molar-refractivity contribution in [3.05, 3.63) is 47.5 Å². The van der Waals surface area contributed by atoms with Crippen molar-refractivity contribution in [1.29, 1.82) is 0 Å². The predicted octanol–water partition coefficient (Wildman–Crippen LogP) is 4.15. The van der Waals surface area contributed by atoms with E-state index in [1.54, 1.807) is 47.1 Å². The summed E-state index contributed by atoms with van der Waals surface area (Å²) in [6.45, 7) is 4.42. The van der Waals surface area contributed by atoms with Crippen LogP contribution in [-0.4, -0.2) is 48.8 Å². The van der Waals surface area contributed by atoms with Gasteiger partial charge in [0.05, 0.1) is 20.3 Å². The third-order valence-corrected chi connectivity index (χ3v) is 4.44. The van der Waals surface area contributed by atoms with Gasteiger partial charge in [-0.25, -0.2) is 9.59 Å². The Morgan fingerprint density at radius 2 is 1.61 bits per heavy atom. The Balaban J connectivity index is 2.15. The van der Waals surface area contributed by atoms with Crippen molar-refractivity contribution in [3.63, 3.8) is 0 Å². The first-order chi connectivity index (χ1) is 15.5. The van der Waals surface area contributed by atoms with Crippen LogP contribution in [0.15, 0.2) is 36.4 Å². The molecular formula is C24H30O9. The van der Waals surface area contributed by atoms with Crippen molar-refractivity contribution in [2.75, 3.05) is 20.8 Å². The summed E-state index contributed by atoms with van der Waals surface area (Å²) in [5.41, 5.74) is 0.658. The molecule has 0 aromatic heterocycles. The van der Waals surface area contributed by atoms with Gasteiger partial charge in [0.1, 0.15) is 5.60 Å². The highest BCUT2D eigenvalue weighted by Gasteiger charge is 2.21. The zero-order chi connectivity index (χ0) is 24.6. The smallest absolute Gasteiger partial charge is 0.493 e. The van der Waals surface area contributed by atoms with Crippen LogP contribution in [0.2, 0.25) is 0 Å². The summed E-state index contributed by atoms with van der Waals surface area (Å²) < 4.78 is 26.1. The third-order valence-electron chi connectivity index (χ3n) is 4.44. The van der Waals surface area contributed by atoms with E-state index in [1.165, 1.54) is 12.1 Å². The number of aliphatic hydroxyl groups is 1. The van der Waals surface area contributed by atoms with E-state index < -0.39 is 30.4 Å². The van der Waals surface area contributed by atoms with Gasteiger partial charge in [0, 0.05) is 0 Å². The number of ether oxygens (including phenoxy) is 5. The predicted molar refractivity (Wildman–Crippen MR) is 119 cm³/mol. The van der Waals surface area contributed by atoms with Crippen molar-refractivity contribution in [1.82, 2.24) is 0 Å². The van der Waals surface area contributed by atoms with Gasteiger partial charge in [0.25, 0.3) is 0 Å². The number of carboxylic acids is 1. The van der Waals surface area contributed by atoms with E-state index in [0.717, 1.165) is 5.56 Å². The van der Waals surface area contributed by atoms with Crippen LogP contribution in [0, 0.1) is 0 Å². The second-order valence-corrected chi connectivity index (χ2v) is 8.20. The first kappa shape index (κ1) is 25.8. The quantitative estimate of drug-likeness (QED) is 0.396. The molecule has 1 atom stereocenters. The van der Waals surface area contributed by atoms with Gasteiger partial charge < -0.3 is 33.9 Å². The molecule has 0 saturated carbocycles. The van der Waals surface area contributed by atoms with E-state index in [2.05, 4.69) is 0 Å². The lowest BCUT2D eigenvalue weighted by Gasteiger charge is -2.20. The zero-order valence-corrected chi connectivity index (χ0v) is 19.4.